The SMILES string of the molecule is CCc1c(/C=C/C(Cl)=C/C=C2\[Se]c3ccccc3N2CC)[se]c2ccccc12. The molecule has 4 heteroatoms. The van der Waals surface area contributed by atoms with Gasteiger partial charge < -0.3 is 0 Å². The summed E-state index contributed by atoms with van der Waals surface area (Å²) in [5, 5.41) is 2.21. The summed E-state index contributed by atoms with van der Waals surface area (Å²) in [4.78, 5) is 2.40. The van der Waals surface area contributed by atoms with Gasteiger partial charge in [-0.25, -0.2) is 0 Å². The van der Waals surface area contributed by atoms with Gasteiger partial charge in [0, 0.05) is 0 Å². The van der Waals surface area contributed by atoms with E-state index in [9.17, 15) is 0 Å². The van der Waals surface area contributed by atoms with Gasteiger partial charge in [-0.2, -0.15) is 0 Å². The van der Waals surface area contributed by atoms with Crippen LogP contribution < -0.4 is 9.36 Å². The number of fused-ring (bicyclic) bond motifs is 2. The first-order valence-corrected chi connectivity index (χ1v) is 13.3. The van der Waals surface area contributed by atoms with Gasteiger partial charge in [-0.1, -0.05) is 0 Å². The van der Waals surface area contributed by atoms with E-state index in [4.69, 9.17) is 11.6 Å². The van der Waals surface area contributed by atoms with Crippen LogP contribution in [0.2, 0.25) is 0 Å². The van der Waals surface area contributed by atoms with Gasteiger partial charge in [0.25, 0.3) is 0 Å². The van der Waals surface area contributed by atoms with Crippen LogP contribution in [0.1, 0.15) is 23.8 Å². The monoisotopic (exact) mass is 519 g/mol. The normalized spacial score (nSPS) is 15.9. The predicted octanol–water partition coefficient (Wildman–Crippen LogP) is 5.31. The van der Waals surface area contributed by atoms with Gasteiger partial charge in [0.2, 0.25) is 0 Å². The van der Waals surface area contributed by atoms with Gasteiger partial charge in [0.05, 0.1) is 0 Å². The van der Waals surface area contributed by atoms with Gasteiger partial charge in [0.15, 0.2) is 0 Å². The molecule has 0 N–H and O–H groups in total. The Hall–Kier alpha value is -1.47. The summed E-state index contributed by atoms with van der Waals surface area (Å²) in [5.74, 6) is 0. The molecule has 0 atom stereocenters. The molecule has 28 heavy (non-hydrogen) atoms. The van der Waals surface area contributed by atoms with E-state index in [0.29, 0.717) is 29.5 Å². The number of hydrogen-bond donors (Lipinski definition) is 0. The zero-order valence-electron chi connectivity index (χ0n) is 16.0. The topological polar surface area (TPSA) is 3.24 Å². The zero-order chi connectivity index (χ0) is 19.5. The molecule has 1 aliphatic rings. The molecule has 2 aromatic carbocycles. The summed E-state index contributed by atoms with van der Waals surface area (Å²) in [6, 6.07) is 17.5. The number of benzene rings is 2. The fourth-order valence-corrected chi connectivity index (χ4v) is 8.49. The molecule has 0 saturated carbocycles. The van der Waals surface area contributed by atoms with E-state index in [1.165, 1.54) is 34.4 Å². The van der Waals surface area contributed by atoms with E-state index >= 15 is 0 Å². The number of aryl methyl sites for hydroxylation is 1. The molecular formula is C24H22ClNSe2. The van der Waals surface area contributed by atoms with Crippen molar-refractivity contribution in [2.45, 2.75) is 20.3 Å². The second kappa shape index (κ2) is 8.91. The van der Waals surface area contributed by atoms with Gasteiger partial charge in [0.1, 0.15) is 0 Å². The Morgan fingerprint density at radius 3 is 2.68 bits per heavy atom. The van der Waals surface area contributed by atoms with Gasteiger partial charge in [-0.15, -0.1) is 0 Å². The van der Waals surface area contributed by atoms with Crippen LogP contribution in [0.25, 0.3) is 15.7 Å². The standard InChI is InChI=1S/C24H22ClNSe2/c1-3-18-19-9-5-7-11-21(19)27-22(18)15-13-17(25)14-16-24-26(4-2)20-10-6-8-12-23(20)28-24/h5-16H,3-4H2,1-2H3/b15-13+,17-14-,24-16-. The molecule has 142 valence electrons. The Labute approximate surface area is 184 Å². The fraction of sp³-hybridized carbons (Fsp3) is 0.167. The molecular weight excluding hydrogens is 496 g/mol. The van der Waals surface area contributed by atoms with Crippen molar-refractivity contribution in [1.29, 1.82) is 0 Å². The number of para-hydroxylation sites is 1. The number of anilines is 1. The Kier molecular flexibility index (Phi) is 6.31. The van der Waals surface area contributed by atoms with Crippen molar-refractivity contribution in [2.24, 2.45) is 0 Å². The number of allylic oxidation sites excluding steroid dienone is 4. The van der Waals surface area contributed by atoms with Crippen molar-refractivity contribution >= 4 is 66.9 Å². The summed E-state index contributed by atoms with van der Waals surface area (Å²) in [6.07, 6.45) is 9.59. The van der Waals surface area contributed by atoms with Crippen LogP contribution in [0, 0.1) is 0 Å². The summed E-state index contributed by atoms with van der Waals surface area (Å²) in [7, 11) is 0. The molecule has 0 bridgehead atoms. The molecule has 0 radical (unpaired) electrons. The fourth-order valence-electron chi connectivity index (χ4n) is 3.48. The first-order valence-electron chi connectivity index (χ1n) is 9.51. The van der Waals surface area contributed by atoms with E-state index in [0.717, 1.165) is 18.0 Å². The number of halogens is 1. The molecule has 0 spiro atoms. The van der Waals surface area contributed by atoms with E-state index < -0.39 is 0 Å². The van der Waals surface area contributed by atoms with Crippen molar-refractivity contribution in [3.8, 4) is 0 Å². The van der Waals surface area contributed by atoms with Crippen molar-refractivity contribution in [2.75, 3.05) is 11.4 Å². The molecule has 0 fully saturated rings. The van der Waals surface area contributed by atoms with Crippen molar-refractivity contribution in [1.82, 2.24) is 0 Å². The molecule has 2 heterocycles. The Morgan fingerprint density at radius 2 is 1.86 bits per heavy atom. The van der Waals surface area contributed by atoms with E-state index in [1.807, 2.05) is 6.08 Å². The van der Waals surface area contributed by atoms with E-state index in [-0.39, 0.29) is 0 Å². The van der Waals surface area contributed by atoms with Crippen LogP contribution in [0.5, 0.6) is 0 Å². The molecule has 0 saturated heterocycles. The minimum absolute atomic E-state index is 0.345. The Balaban J connectivity index is 1.57. The minimum atomic E-state index is 0.345. The Morgan fingerprint density at radius 1 is 1.07 bits per heavy atom. The average molecular weight is 518 g/mol. The molecule has 0 unspecified atom stereocenters. The van der Waals surface area contributed by atoms with Crippen LogP contribution in [0.4, 0.5) is 5.69 Å². The van der Waals surface area contributed by atoms with Crippen LogP contribution in [0.3, 0.4) is 0 Å². The number of nitrogens with zero attached hydrogens (tertiary/aromatic N) is 1. The van der Waals surface area contributed by atoms with Crippen molar-refractivity contribution < 1.29 is 0 Å². The first-order chi connectivity index (χ1) is 13.7. The van der Waals surface area contributed by atoms with Crippen LogP contribution in [0.15, 0.2) is 76.4 Å². The predicted molar refractivity (Wildman–Crippen MR) is 126 cm³/mol. The molecule has 0 aliphatic carbocycles. The van der Waals surface area contributed by atoms with Gasteiger partial charge in [-0.05, 0) is 0 Å². The van der Waals surface area contributed by atoms with Crippen LogP contribution >= 0.6 is 11.6 Å². The average Bonchev–Trinajstić information content (AvgIpc) is 3.27. The van der Waals surface area contributed by atoms with Crippen LogP contribution in [-0.2, 0) is 6.42 Å². The van der Waals surface area contributed by atoms with Gasteiger partial charge in [-0.3, -0.25) is 0 Å². The third kappa shape index (κ3) is 3.96. The van der Waals surface area contributed by atoms with E-state index in [2.05, 4.69) is 85.5 Å². The second-order valence-electron chi connectivity index (χ2n) is 6.50. The zero-order valence-corrected chi connectivity index (χ0v) is 20.2. The van der Waals surface area contributed by atoms with Crippen molar-refractivity contribution in [3.05, 3.63) is 86.4 Å². The maximum absolute atomic E-state index is 6.54. The maximum atomic E-state index is 6.54. The quantitative estimate of drug-likeness (QED) is 0.328. The number of rotatable bonds is 5. The molecule has 1 nitrogen and oxygen atoms in total. The molecule has 3 aromatic rings. The third-order valence-corrected chi connectivity index (χ3v) is 9.91. The van der Waals surface area contributed by atoms with E-state index in [1.54, 1.807) is 0 Å². The molecule has 0 amide bonds. The van der Waals surface area contributed by atoms with Crippen molar-refractivity contribution in [3.63, 3.8) is 0 Å². The summed E-state index contributed by atoms with van der Waals surface area (Å²) >= 11 is 7.27. The Bertz CT molecular complexity index is 1090. The van der Waals surface area contributed by atoms with Crippen LogP contribution in [-0.4, -0.2) is 36.0 Å². The third-order valence-electron chi connectivity index (χ3n) is 4.81. The molecule has 1 aromatic heterocycles. The number of hydrogen-bond acceptors (Lipinski definition) is 1. The summed E-state index contributed by atoms with van der Waals surface area (Å²) in [6.45, 7) is 5.43. The summed E-state index contributed by atoms with van der Waals surface area (Å²) < 4.78 is 5.75. The molecule has 1 aliphatic heterocycles. The first kappa shape index (κ1) is 19.8. The van der Waals surface area contributed by atoms with Gasteiger partial charge >= 0.3 is 185 Å². The summed E-state index contributed by atoms with van der Waals surface area (Å²) in [5.41, 5.74) is 2.82. The second-order valence-corrected chi connectivity index (χ2v) is 11.4. The molecule has 4 rings (SSSR count).